The van der Waals surface area contributed by atoms with Crippen LogP contribution in [0.5, 0.6) is 5.75 Å². The molecule has 0 aliphatic carbocycles. The standard InChI is InChI=1S/C17H16ClNO5/c1-22-15-8-14(19)13(18)7-12(15)17(21)24-9-10-3-5-11(6-4-10)16(20)23-2/h3-8H,9,19H2,1-2H3. The summed E-state index contributed by atoms with van der Waals surface area (Å²) >= 11 is 5.93. The van der Waals surface area contributed by atoms with E-state index < -0.39 is 11.9 Å². The van der Waals surface area contributed by atoms with Crippen LogP contribution in [0.3, 0.4) is 0 Å². The highest BCUT2D eigenvalue weighted by atomic mass is 35.5. The number of carbonyl (C=O) groups excluding carboxylic acids is 2. The number of esters is 2. The van der Waals surface area contributed by atoms with Crippen molar-refractivity contribution in [1.29, 1.82) is 0 Å². The van der Waals surface area contributed by atoms with E-state index in [0.29, 0.717) is 11.3 Å². The van der Waals surface area contributed by atoms with Crippen molar-refractivity contribution in [3.05, 3.63) is 58.1 Å². The molecule has 0 heterocycles. The fraction of sp³-hybridized carbons (Fsp3) is 0.176. The summed E-state index contributed by atoms with van der Waals surface area (Å²) in [5.41, 5.74) is 7.31. The molecule has 2 aromatic rings. The van der Waals surface area contributed by atoms with Crippen LogP contribution < -0.4 is 10.5 Å². The summed E-state index contributed by atoms with van der Waals surface area (Å²) in [6.07, 6.45) is 0. The summed E-state index contributed by atoms with van der Waals surface area (Å²) in [7, 11) is 2.73. The van der Waals surface area contributed by atoms with E-state index in [1.807, 2.05) is 0 Å². The molecule has 0 aliphatic rings. The lowest BCUT2D eigenvalue weighted by Gasteiger charge is -2.11. The van der Waals surface area contributed by atoms with Gasteiger partial charge in [-0.2, -0.15) is 0 Å². The van der Waals surface area contributed by atoms with Gasteiger partial charge in [0.25, 0.3) is 0 Å². The lowest BCUT2D eigenvalue weighted by Crippen LogP contribution is -2.08. The van der Waals surface area contributed by atoms with E-state index in [1.165, 1.54) is 26.4 Å². The minimum atomic E-state index is -0.592. The average molecular weight is 350 g/mol. The molecule has 0 bridgehead atoms. The number of nitrogens with two attached hydrogens (primary N) is 1. The van der Waals surface area contributed by atoms with E-state index in [9.17, 15) is 9.59 Å². The van der Waals surface area contributed by atoms with Crippen LogP contribution in [0.1, 0.15) is 26.3 Å². The molecule has 0 atom stereocenters. The van der Waals surface area contributed by atoms with Crippen molar-refractivity contribution >= 4 is 29.2 Å². The summed E-state index contributed by atoms with van der Waals surface area (Å²) in [6.45, 7) is 0.0332. The van der Waals surface area contributed by atoms with Gasteiger partial charge in [0.05, 0.1) is 30.5 Å². The van der Waals surface area contributed by atoms with Crippen LogP contribution in [0, 0.1) is 0 Å². The Morgan fingerprint density at radius 2 is 1.75 bits per heavy atom. The van der Waals surface area contributed by atoms with Gasteiger partial charge in [-0.25, -0.2) is 9.59 Å². The first-order valence-electron chi connectivity index (χ1n) is 6.93. The van der Waals surface area contributed by atoms with Gasteiger partial charge in [-0.3, -0.25) is 0 Å². The maximum absolute atomic E-state index is 12.2. The molecule has 0 aliphatic heterocycles. The topological polar surface area (TPSA) is 87.9 Å². The molecule has 0 radical (unpaired) electrons. The number of ether oxygens (including phenoxy) is 3. The number of hydrogen-bond acceptors (Lipinski definition) is 6. The summed E-state index contributed by atoms with van der Waals surface area (Å²) in [4.78, 5) is 23.6. The lowest BCUT2D eigenvalue weighted by molar-refractivity contribution is 0.0468. The molecule has 2 aromatic carbocycles. The Labute approximate surface area is 144 Å². The Morgan fingerprint density at radius 3 is 2.33 bits per heavy atom. The first-order valence-corrected chi connectivity index (χ1v) is 7.31. The average Bonchev–Trinajstić information content (AvgIpc) is 2.61. The van der Waals surface area contributed by atoms with E-state index in [0.717, 1.165) is 5.56 Å². The van der Waals surface area contributed by atoms with E-state index in [2.05, 4.69) is 4.74 Å². The van der Waals surface area contributed by atoms with Gasteiger partial charge >= 0.3 is 11.9 Å². The number of rotatable bonds is 5. The van der Waals surface area contributed by atoms with Crippen LogP contribution >= 0.6 is 11.6 Å². The predicted octanol–water partition coefficient (Wildman–Crippen LogP) is 3.07. The summed E-state index contributed by atoms with van der Waals surface area (Å²) in [5, 5.41) is 0.241. The molecule has 0 saturated carbocycles. The quantitative estimate of drug-likeness (QED) is 0.659. The number of carbonyl (C=O) groups is 2. The van der Waals surface area contributed by atoms with Gasteiger partial charge in [-0.05, 0) is 23.8 Å². The Kier molecular flexibility index (Phi) is 5.65. The third kappa shape index (κ3) is 3.97. The second-order valence-electron chi connectivity index (χ2n) is 4.84. The van der Waals surface area contributed by atoms with Gasteiger partial charge in [0.15, 0.2) is 0 Å². The Morgan fingerprint density at radius 1 is 1.08 bits per heavy atom. The maximum Gasteiger partial charge on any atom is 0.342 e. The molecule has 0 amide bonds. The number of benzene rings is 2. The van der Waals surface area contributed by atoms with Crippen LogP contribution in [-0.4, -0.2) is 26.2 Å². The molecule has 7 heteroatoms. The minimum absolute atomic E-state index is 0.0332. The van der Waals surface area contributed by atoms with Gasteiger partial charge in [0, 0.05) is 6.07 Å². The zero-order valence-corrected chi connectivity index (χ0v) is 13.9. The van der Waals surface area contributed by atoms with Crippen LogP contribution in [0.4, 0.5) is 5.69 Å². The van der Waals surface area contributed by atoms with Gasteiger partial charge in [-0.1, -0.05) is 23.7 Å². The molecule has 0 fully saturated rings. The molecule has 126 valence electrons. The summed E-state index contributed by atoms with van der Waals surface area (Å²) in [6, 6.07) is 9.40. The lowest BCUT2D eigenvalue weighted by atomic mass is 10.1. The molecular weight excluding hydrogens is 334 g/mol. The zero-order chi connectivity index (χ0) is 17.7. The molecule has 2 N–H and O–H groups in total. The third-order valence-corrected chi connectivity index (χ3v) is 3.61. The fourth-order valence-electron chi connectivity index (χ4n) is 1.98. The molecule has 0 unspecified atom stereocenters. The van der Waals surface area contributed by atoms with Crippen LogP contribution in [-0.2, 0) is 16.1 Å². The van der Waals surface area contributed by atoms with Crippen molar-refractivity contribution in [2.24, 2.45) is 0 Å². The second kappa shape index (κ2) is 7.70. The smallest absolute Gasteiger partial charge is 0.342 e. The second-order valence-corrected chi connectivity index (χ2v) is 5.25. The minimum Gasteiger partial charge on any atom is -0.496 e. The van der Waals surface area contributed by atoms with E-state index in [1.54, 1.807) is 24.3 Å². The van der Waals surface area contributed by atoms with Crippen molar-refractivity contribution in [3.8, 4) is 5.75 Å². The molecule has 2 rings (SSSR count). The van der Waals surface area contributed by atoms with Crippen molar-refractivity contribution in [1.82, 2.24) is 0 Å². The SMILES string of the molecule is COC(=O)c1ccc(COC(=O)c2cc(Cl)c(N)cc2OC)cc1. The monoisotopic (exact) mass is 349 g/mol. The number of halogens is 1. The number of nitrogen functional groups attached to an aromatic ring is 1. The highest BCUT2D eigenvalue weighted by Crippen LogP contribution is 2.29. The molecule has 24 heavy (non-hydrogen) atoms. The first-order chi connectivity index (χ1) is 11.5. The van der Waals surface area contributed by atoms with E-state index >= 15 is 0 Å². The van der Waals surface area contributed by atoms with Crippen LogP contribution in [0.15, 0.2) is 36.4 Å². The van der Waals surface area contributed by atoms with Gasteiger partial charge in [-0.15, -0.1) is 0 Å². The van der Waals surface area contributed by atoms with Gasteiger partial charge in [0.2, 0.25) is 0 Å². The fourth-order valence-corrected chi connectivity index (χ4v) is 2.14. The maximum atomic E-state index is 12.2. The van der Waals surface area contributed by atoms with E-state index in [-0.39, 0.29) is 22.9 Å². The largest absolute Gasteiger partial charge is 0.496 e. The highest BCUT2D eigenvalue weighted by molar-refractivity contribution is 6.33. The predicted molar refractivity (Wildman–Crippen MR) is 89.3 cm³/mol. The van der Waals surface area contributed by atoms with Crippen molar-refractivity contribution < 1.29 is 23.8 Å². The summed E-state index contributed by atoms with van der Waals surface area (Å²) in [5.74, 6) is -0.742. The zero-order valence-electron chi connectivity index (χ0n) is 13.2. The van der Waals surface area contributed by atoms with Crippen molar-refractivity contribution in [2.75, 3.05) is 20.0 Å². The first kappa shape index (κ1) is 17.6. The summed E-state index contributed by atoms with van der Waals surface area (Å²) < 4.78 is 15.0. The molecule has 6 nitrogen and oxygen atoms in total. The molecular formula is C17H16ClNO5. The highest BCUT2D eigenvalue weighted by Gasteiger charge is 2.16. The van der Waals surface area contributed by atoms with Crippen LogP contribution in [0.2, 0.25) is 5.02 Å². The molecule has 0 spiro atoms. The molecule has 0 saturated heterocycles. The van der Waals surface area contributed by atoms with Crippen molar-refractivity contribution in [2.45, 2.75) is 6.61 Å². The Bertz CT molecular complexity index is 758. The normalized spacial score (nSPS) is 10.1. The van der Waals surface area contributed by atoms with Gasteiger partial charge in [0.1, 0.15) is 17.9 Å². The number of methoxy groups -OCH3 is 2. The van der Waals surface area contributed by atoms with Crippen LogP contribution in [0.25, 0.3) is 0 Å². The molecule has 0 aromatic heterocycles. The number of hydrogen-bond donors (Lipinski definition) is 1. The Hall–Kier alpha value is -2.73. The van der Waals surface area contributed by atoms with Gasteiger partial charge < -0.3 is 19.9 Å². The van der Waals surface area contributed by atoms with E-state index in [4.69, 9.17) is 26.8 Å². The number of anilines is 1. The Balaban J connectivity index is 2.08. The third-order valence-electron chi connectivity index (χ3n) is 3.28. The van der Waals surface area contributed by atoms with Crippen molar-refractivity contribution in [3.63, 3.8) is 0 Å².